The highest BCUT2D eigenvalue weighted by Gasteiger charge is 2.06. The van der Waals surface area contributed by atoms with Crippen LogP contribution in [0.25, 0.3) is 0 Å². The quantitative estimate of drug-likeness (QED) is 0.357. The van der Waals surface area contributed by atoms with Gasteiger partial charge in [0, 0.05) is 25.4 Å². The molecule has 6 heteroatoms. The van der Waals surface area contributed by atoms with Crippen molar-refractivity contribution >= 4 is 18.2 Å². The van der Waals surface area contributed by atoms with Gasteiger partial charge in [0.1, 0.15) is 6.29 Å². The van der Waals surface area contributed by atoms with Crippen molar-refractivity contribution in [1.29, 1.82) is 0 Å². The van der Waals surface area contributed by atoms with Crippen LogP contribution in [0.1, 0.15) is 25.7 Å². The fourth-order valence-corrected chi connectivity index (χ4v) is 0.906. The minimum Gasteiger partial charge on any atom is -0.548 e. The first-order valence-electron chi connectivity index (χ1n) is 4.74. The van der Waals surface area contributed by atoms with Crippen LogP contribution in [0, 0.1) is 0 Å². The Balaban J connectivity index is 3.49. The molecular weight excluding hydrogens is 200 g/mol. The SMILES string of the molecule is NC(CCC(=O)NCCCC=O)C(=O)[O-]. The van der Waals surface area contributed by atoms with Crippen molar-refractivity contribution < 1.29 is 19.5 Å². The van der Waals surface area contributed by atoms with Crippen molar-refractivity contribution in [2.24, 2.45) is 5.73 Å². The Bertz CT molecular complexity index is 230. The number of aldehydes is 1. The zero-order valence-electron chi connectivity index (χ0n) is 8.40. The maximum absolute atomic E-state index is 11.1. The number of carbonyl (C=O) groups excluding carboxylic acids is 3. The molecule has 0 heterocycles. The van der Waals surface area contributed by atoms with Gasteiger partial charge in [0.15, 0.2) is 0 Å². The molecule has 0 aliphatic carbocycles. The van der Waals surface area contributed by atoms with E-state index in [1.54, 1.807) is 0 Å². The van der Waals surface area contributed by atoms with Gasteiger partial charge in [0.2, 0.25) is 5.91 Å². The van der Waals surface area contributed by atoms with Crippen LogP contribution in [-0.2, 0) is 14.4 Å². The van der Waals surface area contributed by atoms with Crippen LogP contribution in [0.15, 0.2) is 0 Å². The first kappa shape index (κ1) is 13.6. The first-order chi connectivity index (χ1) is 7.07. The molecule has 0 saturated heterocycles. The number of hydrogen-bond acceptors (Lipinski definition) is 5. The van der Waals surface area contributed by atoms with Gasteiger partial charge in [-0.3, -0.25) is 4.79 Å². The summed E-state index contributed by atoms with van der Waals surface area (Å²) in [7, 11) is 0. The summed E-state index contributed by atoms with van der Waals surface area (Å²) < 4.78 is 0. The highest BCUT2D eigenvalue weighted by Crippen LogP contribution is 1.93. The van der Waals surface area contributed by atoms with E-state index in [4.69, 9.17) is 5.73 Å². The molecule has 0 aromatic heterocycles. The van der Waals surface area contributed by atoms with E-state index in [9.17, 15) is 19.5 Å². The Morgan fingerprint density at radius 3 is 2.67 bits per heavy atom. The summed E-state index contributed by atoms with van der Waals surface area (Å²) in [5.74, 6) is -1.62. The van der Waals surface area contributed by atoms with E-state index in [0.29, 0.717) is 19.4 Å². The molecule has 15 heavy (non-hydrogen) atoms. The van der Waals surface area contributed by atoms with Crippen molar-refractivity contribution in [3.63, 3.8) is 0 Å². The lowest BCUT2D eigenvalue weighted by molar-refractivity contribution is -0.307. The monoisotopic (exact) mass is 215 g/mol. The van der Waals surface area contributed by atoms with Crippen LogP contribution < -0.4 is 16.2 Å². The zero-order valence-corrected chi connectivity index (χ0v) is 8.40. The summed E-state index contributed by atoms with van der Waals surface area (Å²) in [6, 6.07) is -1.11. The topological polar surface area (TPSA) is 112 Å². The summed E-state index contributed by atoms with van der Waals surface area (Å²) in [4.78, 5) is 31.2. The summed E-state index contributed by atoms with van der Waals surface area (Å²) in [5.41, 5.74) is 5.15. The molecule has 0 aromatic rings. The normalized spacial score (nSPS) is 11.8. The van der Waals surface area contributed by atoms with Gasteiger partial charge in [-0.1, -0.05) is 0 Å². The van der Waals surface area contributed by atoms with Crippen molar-refractivity contribution in [2.75, 3.05) is 6.54 Å². The summed E-state index contributed by atoms with van der Waals surface area (Å²) in [6.07, 6.45) is 1.87. The van der Waals surface area contributed by atoms with E-state index in [1.807, 2.05) is 0 Å². The minimum absolute atomic E-state index is 0.0518. The molecular formula is C9H15N2O4-. The maximum Gasteiger partial charge on any atom is 0.220 e. The van der Waals surface area contributed by atoms with Crippen LogP contribution in [0.5, 0.6) is 0 Å². The van der Waals surface area contributed by atoms with Gasteiger partial charge in [0.25, 0.3) is 0 Å². The van der Waals surface area contributed by atoms with E-state index in [1.165, 1.54) is 0 Å². The zero-order chi connectivity index (χ0) is 11.7. The lowest BCUT2D eigenvalue weighted by Gasteiger charge is -2.11. The summed E-state index contributed by atoms with van der Waals surface area (Å²) >= 11 is 0. The Kier molecular flexibility index (Phi) is 7.17. The first-order valence-corrected chi connectivity index (χ1v) is 4.74. The molecule has 0 aromatic carbocycles. The molecule has 1 unspecified atom stereocenters. The number of unbranched alkanes of at least 4 members (excludes halogenated alkanes) is 1. The standard InChI is InChI=1S/C9H16N2O4/c10-7(9(14)15)3-4-8(13)11-5-1-2-6-12/h6-7H,1-5,10H2,(H,11,13)(H,14,15)/p-1. The van der Waals surface area contributed by atoms with Gasteiger partial charge in [-0.2, -0.15) is 0 Å². The molecule has 0 fully saturated rings. The molecule has 3 N–H and O–H groups in total. The fraction of sp³-hybridized carbons (Fsp3) is 0.667. The predicted molar refractivity (Wildman–Crippen MR) is 50.5 cm³/mol. The number of carboxylic acids is 1. The second-order valence-electron chi connectivity index (χ2n) is 3.12. The number of rotatable bonds is 8. The molecule has 6 nitrogen and oxygen atoms in total. The van der Waals surface area contributed by atoms with Crippen molar-refractivity contribution in [3.05, 3.63) is 0 Å². The van der Waals surface area contributed by atoms with Gasteiger partial charge in [-0.15, -0.1) is 0 Å². The summed E-state index contributed by atoms with van der Waals surface area (Å²) in [5, 5.41) is 12.7. The number of nitrogens with one attached hydrogen (secondary N) is 1. The average Bonchev–Trinajstić information content (AvgIpc) is 2.20. The lowest BCUT2D eigenvalue weighted by atomic mass is 10.1. The molecule has 0 spiro atoms. The molecule has 0 aliphatic rings. The second kappa shape index (κ2) is 7.93. The van der Waals surface area contributed by atoms with Crippen molar-refractivity contribution in [2.45, 2.75) is 31.7 Å². The van der Waals surface area contributed by atoms with Crippen molar-refractivity contribution in [3.8, 4) is 0 Å². The molecule has 1 amide bonds. The Hall–Kier alpha value is -1.43. The lowest BCUT2D eigenvalue weighted by Crippen LogP contribution is -2.42. The van der Waals surface area contributed by atoms with E-state index >= 15 is 0 Å². The predicted octanol–water partition coefficient (Wildman–Crippen LogP) is -2.06. The van der Waals surface area contributed by atoms with Gasteiger partial charge >= 0.3 is 0 Å². The third kappa shape index (κ3) is 7.63. The van der Waals surface area contributed by atoms with Gasteiger partial charge in [-0.05, 0) is 12.8 Å². The highest BCUT2D eigenvalue weighted by atomic mass is 16.4. The Labute approximate surface area is 87.8 Å². The average molecular weight is 215 g/mol. The van der Waals surface area contributed by atoms with Crippen LogP contribution >= 0.6 is 0 Å². The summed E-state index contributed by atoms with van der Waals surface area (Å²) in [6.45, 7) is 0.415. The van der Waals surface area contributed by atoms with Crippen LogP contribution in [0.2, 0.25) is 0 Å². The van der Waals surface area contributed by atoms with Gasteiger partial charge in [0.05, 0.1) is 5.97 Å². The van der Waals surface area contributed by atoms with E-state index in [-0.39, 0.29) is 18.7 Å². The maximum atomic E-state index is 11.1. The van der Waals surface area contributed by atoms with Crippen molar-refractivity contribution in [1.82, 2.24) is 5.32 Å². The number of amides is 1. The van der Waals surface area contributed by atoms with Gasteiger partial charge in [-0.25, -0.2) is 0 Å². The van der Waals surface area contributed by atoms with Crippen LogP contribution in [0.4, 0.5) is 0 Å². The molecule has 1 atom stereocenters. The molecule has 0 aliphatic heterocycles. The number of nitrogens with two attached hydrogens (primary N) is 1. The van der Waals surface area contributed by atoms with Crippen LogP contribution in [-0.4, -0.2) is 30.7 Å². The van der Waals surface area contributed by atoms with E-state index in [2.05, 4.69) is 5.32 Å². The Morgan fingerprint density at radius 1 is 1.47 bits per heavy atom. The molecule has 0 bridgehead atoms. The third-order valence-electron chi connectivity index (χ3n) is 1.81. The minimum atomic E-state index is -1.36. The van der Waals surface area contributed by atoms with E-state index < -0.39 is 12.0 Å². The number of carbonyl (C=O) groups is 3. The Morgan fingerprint density at radius 2 is 2.13 bits per heavy atom. The number of aliphatic carboxylic acids is 1. The smallest absolute Gasteiger partial charge is 0.220 e. The molecule has 86 valence electrons. The van der Waals surface area contributed by atoms with Gasteiger partial charge < -0.3 is 25.7 Å². The van der Waals surface area contributed by atoms with E-state index in [0.717, 1.165) is 6.29 Å². The fourth-order valence-electron chi connectivity index (χ4n) is 0.906. The molecule has 0 rings (SSSR count). The van der Waals surface area contributed by atoms with Crippen LogP contribution in [0.3, 0.4) is 0 Å². The second-order valence-corrected chi connectivity index (χ2v) is 3.12. The molecule has 0 saturated carbocycles. The number of carboxylic acid groups (broad SMARTS) is 1. The highest BCUT2D eigenvalue weighted by molar-refractivity contribution is 5.77. The number of hydrogen-bond donors (Lipinski definition) is 2. The molecule has 0 radical (unpaired) electrons. The third-order valence-corrected chi connectivity index (χ3v) is 1.81. The largest absolute Gasteiger partial charge is 0.548 e.